The molecule has 0 bridgehead atoms. The molecule has 0 radical (unpaired) electrons. The largest absolute Gasteiger partial charge is 0.454 e. The molecule has 4 nitrogen and oxygen atoms in total. The lowest BCUT2D eigenvalue weighted by Crippen LogP contribution is -1.93. The first-order valence-electron chi connectivity index (χ1n) is 6.19. The molecule has 2 aromatic rings. The number of nitro groups is 1. The van der Waals surface area contributed by atoms with E-state index in [0.29, 0.717) is 11.7 Å². The molecule has 2 rings (SSSR count). The molecule has 0 atom stereocenters. The molecular weight excluding hydrogens is 261 g/mol. The van der Waals surface area contributed by atoms with Gasteiger partial charge in [0.15, 0.2) is 11.6 Å². The van der Waals surface area contributed by atoms with Gasteiger partial charge in [-0.3, -0.25) is 10.1 Å². The molecule has 0 amide bonds. The summed E-state index contributed by atoms with van der Waals surface area (Å²) in [5, 5.41) is 10.5. The average molecular weight is 275 g/mol. The first kappa shape index (κ1) is 14.0. The average Bonchev–Trinajstić information content (AvgIpc) is 2.41. The molecule has 0 saturated carbocycles. The molecule has 0 saturated heterocycles. The van der Waals surface area contributed by atoms with Crippen LogP contribution in [0, 0.1) is 15.9 Å². The minimum Gasteiger partial charge on any atom is -0.454 e. The van der Waals surface area contributed by atoms with Crippen molar-refractivity contribution in [1.82, 2.24) is 0 Å². The fourth-order valence-corrected chi connectivity index (χ4v) is 1.73. The van der Waals surface area contributed by atoms with Gasteiger partial charge in [0.1, 0.15) is 5.75 Å². The lowest BCUT2D eigenvalue weighted by molar-refractivity contribution is -0.385. The Hall–Kier alpha value is -2.43. The first-order valence-corrected chi connectivity index (χ1v) is 6.19. The molecule has 104 valence electrons. The highest BCUT2D eigenvalue weighted by Gasteiger charge is 2.12. The number of benzene rings is 2. The highest BCUT2D eigenvalue weighted by Crippen LogP contribution is 2.28. The summed E-state index contributed by atoms with van der Waals surface area (Å²) in [6, 6.07) is 10.6. The van der Waals surface area contributed by atoms with Gasteiger partial charge < -0.3 is 4.74 Å². The van der Waals surface area contributed by atoms with Crippen molar-refractivity contribution in [3.05, 3.63) is 64.0 Å². The highest BCUT2D eigenvalue weighted by atomic mass is 19.1. The monoisotopic (exact) mass is 275 g/mol. The van der Waals surface area contributed by atoms with Crippen LogP contribution in [0.4, 0.5) is 10.1 Å². The van der Waals surface area contributed by atoms with Crippen molar-refractivity contribution in [1.29, 1.82) is 0 Å². The van der Waals surface area contributed by atoms with E-state index in [1.807, 2.05) is 12.1 Å². The number of nitro benzene ring substituents is 1. The first-order chi connectivity index (χ1) is 9.47. The lowest BCUT2D eigenvalue weighted by atomic mass is 10.0. The van der Waals surface area contributed by atoms with E-state index in [4.69, 9.17) is 4.74 Å². The van der Waals surface area contributed by atoms with Crippen LogP contribution in [0.25, 0.3) is 0 Å². The Bertz CT molecular complexity index is 624. The van der Waals surface area contributed by atoms with Crippen molar-refractivity contribution in [3.8, 4) is 11.5 Å². The smallest absolute Gasteiger partial charge is 0.272 e. The minimum atomic E-state index is -0.757. The molecule has 0 aromatic heterocycles. The van der Waals surface area contributed by atoms with Crippen LogP contribution in [0.5, 0.6) is 11.5 Å². The van der Waals surface area contributed by atoms with Gasteiger partial charge in [0, 0.05) is 6.07 Å². The van der Waals surface area contributed by atoms with E-state index < -0.39 is 10.7 Å². The fourth-order valence-electron chi connectivity index (χ4n) is 1.73. The Labute approximate surface area is 116 Å². The summed E-state index contributed by atoms with van der Waals surface area (Å²) in [7, 11) is 0. The molecule has 0 fully saturated rings. The Morgan fingerprint density at radius 2 is 1.80 bits per heavy atom. The second kappa shape index (κ2) is 5.69. The van der Waals surface area contributed by atoms with E-state index in [1.165, 1.54) is 12.1 Å². The van der Waals surface area contributed by atoms with Crippen molar-refractivity contribution in [3.63, 3.8) is 0 Å². The maximum Gasteiger partial charge on any atom is 0.272 e. The zero-order chi connectivity index (χ0) is 14.7. The molecule has 0 spiro atoms. The maximum absolute atomic E-state index is 13.7. The van der Waals surface area contributed by atoms with Gasteiger partial charge in [0.2, 0.25) is 0 Å². The lowest BCUT2D eigenvalue weighted by Gasteiger charge is -2.09. The Morgan fingerprint density at radius 3 is 2.30 bits per heavy atom. The molecule has 5 heteroatoms. The second-order valence-corrected chi connectivity index (χ2v) is 4.70. The van der Waals surface area contributed by atoms with Gasteiger partial charge in [-0.25, -0.2) is 4.39 Å². The molecule has 2 aromatic carbocycles. The summed E-state index contributed by atoms with van der Waals surface area (Å²) in [6.45, 7) is 4.15. The zero-order valence-electron chi connectivity index (χ0n) is 11.2. The summed E-state index contributed by atoms with van der Waals surface area (Å²) in [4.78, 5) is 9.87. The van der Waals surface area contributed by atoms with Gasteiger partial charge in [-0.15, -0.1) is 0 Å². The van der Waals surface area contributed by atoms with E-state index in [2.05, 4.69) is 13.8 Å². The maximum atomic E-state index is 13.7. The summed E-state index contributed by atoms with van der Waals surface area (Å²) < 4.78 is 19.1. The quantitative estimate of drug-likeness (QED) is 0.602. The predicted octanol–water partition coefficient (Wildman–Crippen LogP) is 4.65. The summed E-state index contributed by atoms with van der Waals surface area (Å²) in [6.07, 6.45) is 0. The van der Waals surface area contributed by atoms with E-state index in [9.17, 15) is 14.5 Å². The number of halogens is 1. The van der Waals surface area contributed by atoms with E-state index in [-0.39, 0.29) is 11.4 Å². The Balaban J connectivity index is 2.19. The number of hydrogen-bond donors (Lipinski definition) is 0. The van der Waals surface area contributed by atoms with Gasteiger partial charge in [-0.05, 0) is 29.7 Å². The van der Waals surface area contributed by atoms with Crippen LogP contribution in [0.3, 0.4) is 0 Å². The number of rotatable bonds is 4. The van der Waals surface area contributed by atoms with E-state index in [1.54, 1.807) is 12.1 Å². The summed E-state index contributed by atoms with van der Waals surface area (Å²) in [5.41, 5.74) is 0.853. The summed E-state index contributed by atoms with van der Waals surface area (Å²) in [5.74, 6) is 0.0994. The van der Waals surface area contributed by atoms with Crippen molar-refractivity contribution < 1.29 is 14.1 Å². The van der Waals surface area contributed by atoms with Crippen LogP contribution < -0.4 is 4.74 Å². The van der Waals surface area contributed by atoms with Crippen LogP contribution >= 0.6 is 0 Å². The second-order valence-electron chi connectivity index (χ2n) is 4.70. The van der Waals surface area contributed by atoms with Gasteiger partial charge in [-0.1, -0.05) is 26.0 Å². The van der Waals surface area contributed by atoms with Crippen molar-refractivity contribution in [2.75, 3.05) is 0 Å². The molecule has 0 N–H and O–H groups in total. The molecule has 0 aliphatic rings. The third-order valence-corrected chi connectivity index (χ3v) is 2.90. The van der Waals surface area contributed by atoms with Crippen LogP contribution in [0.15, 0.2) is 42.5 Å². The number of non-ortho nitro benzene ring substituents is 1. The number of nitrogens with zero attached hydrogens (tertiary/aromatic N) is 1. The third-order valence-electron chi connectivity index (χ3n) is 2.90. The number of ether oxygens (including phenoxy) is 1. The normalized spacial score (nSPS) is 10.6. The molecule has 0 aliphatic carbocycles. The minimum absolute atomic E-state index is 0.0344. The van der Waals surface area contributed by atoms with Crippen molar-refractivity contribution >= 4 is 5.69 Å². The van der Waals surface area contributed by atoms with E-state index >= 15 is 0 Å². The third kappa shape index (κ3) is 3.12. The topological polar surface area (TPSA) is 52.4 Å². The molecule has 0 aliphatic heterocycles. The summed E-state index contributed by atoms with van der Waals surface area (Å²) >= 11 is 0. The van der Waals surface area contributed by atoms with Gasteiger partial charge in [0.25, 0.3) is 5.69 Å². The number of hydrogen-bond acceptors (Lipinski definition) is 3. The molecule has 0 unspecified atom stereocenters. The van der Waals surface area contributed by atoms with Crippen LogP contribution in [-0.4, -0.2) is 4.92 Å². The van der Waals surface area contributed by atoms with Crippen molar-refractivity contribution in [2.24, 2.45) is 0 Å². The van der Waals surface area contributed by atoms with Crippen LogP contribution in [0.2, 0.25) is 0 Å². The molecule has 0 heterocycles. The van der Waals surface area contributed by atoms with Gasteiger partial charge >= 0.3 is 0 Å². The standard InChI is InChI=1S/C15H14FNO3/c1-10(2)11-3-6-13(7-4-11)20-15-8-5-12(17(18)19)9-14(15)16/h3-10H,1-2H3. The molecule has 20 heavy (non-hydrogen) atoms. The van der Waals surface area contributed by atoms with Gasteiger partial charge in [-0.2, -0.15) is 0 Å². The predicted molar refractivity (Wildman–Crippen MR) is 73.7 cm³/mol. The highest BCUT2D eigenvalue weighted by molar-refractivity contribution is 5.40. The molecular formula is C15H14FNO3. The SMILES string of the molecule is CC(C)c1ccc(Oc2ccc([N+](=O)[O-])cc2F)cc1. The van der Waals surface area contributed by atoms with E-state index in [0.717, 1.165) is 11.6 Å². The van der Waals surface area contributed by atoms with Crippen molar-refractivity contribution in [2.45, 2.75) is 19.8 Å². The Morgan fingerprint density at radius 1 is 1.15 bits per heavy atom. The van der Waals surface area contributed by atoms with Crippen LogP contribution in [-0.2, 0) is 0 Å². The zero-order valence-corrected chi connectivity index (χ0v) is 11.2. The Kier molecular flexibility index (Phi) is 3.98. The fraction of sp³-hybridized carbons (Fsp3) is 0.200. The van der Waals surface area contributed by atoms with Crippen LogP contribution in [0.1, 0.15) is 25.3 Å². The van der Waals surface area contributed by atoms with Gasteiger partial charge in [0.05, 0.1) is 11.0 Å².